The number of hydrogen-bond donors (Lipinski definition) is 0. The van der Waals surface area contributed by atoms with Crippen LogP contribution >= 0.6 is 0 Å². The lowest BCUT2D eigenvalue weighted by Gasteiger charge is -2.29. The third kappa shape index (κ3) is 3.90. The highest BCUT2D eigenvalue weighted by Crippen LogP contribution is 2.48. The third-order valence-electron chi connectivity index (χ3n) is 5.58. The van der Waals surface area contributed by atoms with E-state index in [2.05, 4.69) is 13.2 Å². The predicted octanol–water partition coefficient (Wildman–Crippen LogP) is 2.40. The highest BCUT2D eigenvalue weighted by atomic mass is 16.6. The van der Waals surface area contributed by atoms with Crippen LogP contribution in [-0.4, -0.2) is 47.9 Å². The third-order valence-corrected chi connectivity index (χ3v) is 5.58. The molecule has 0 unspecified atom stereocenters. The summed E-state index contributed by atoms with van der Waals surface area (Å²) in [5.74, 6) is -2.01. The van der Waals surface area contributed by atoms with Crippen LogP contribution in [0.4, 0.5) is 0 Å². The van der Waals surface area contributed by atoms with Gasteiger partial charge in [0.05, 0.1) is 17.6 Å². The molecule has 7 nitrogen and oxygen atoms in total. The van der Waals surface area contributed by atoms with E-state index in [4.69, 9.17) is 18.9 Å². The highest BCUT2D eigenvalue weighted by Gasteiger charge is 2.58. The molecule has 7 heteroatoms. The zero-order valence-electron chi connectivity index (χ0n) is 16.7. The smallest absolute Gasteiger partial charge is 0.334 e. The fraction of sp³-hybridized carbons (Fsp3) is 0.571. The van der Waals surface area contributed by atoms with Crippen molar-refractivity contribution in [3.05, 3.63) is 36.0 Å². The molecule has 0 N–H and O–H groups in total. The van der Waals surface area contributed by atoms with Gasteiger partial charge in [0.2, 0.25) is 0 Å². The van der Waals surface area contributed by atoms with Gasteiger partial charge in [-0.05, 0) is 32.4 Å². The average Bonchev–Trinajstić information content (AvgIpc) is 3.11. The summed E-state index contributed by atoms with van der Waals surface area (Å²) < 4.78 is 22.5. The topological polar surface area (TPSA) is 91.4 Å². The van der Waals surface area contributed by atoms with Crippen molar-refractivity contribution in [2.45, 2.75) is 70.6 Å². The zero-order chi connectivity index (χ0) is 20.8. The Balaban J connectivity index is 1.99. The van der Waals surface area contributed by atoms with Crippen LogP contribution in [0.2, 0.25) is 0 Å². The van der Waals surface area contributed by atoms with E-state index in [0.717, 1.165) is 5.57 Å². The van der Waals surface area contributed by atoms with Gasteiger partial charge in [0.1, 0.15) is 18.3 Å². The van der Waals surface area contributed by atoms with E-state index in [9.17, 15) is 14.4 Å². The summed E-state index contributed by atoms with van der Waals surface area (Å²) in [6.07, 6.45) is 0.638. The molecule has 3 aliphatic rings. The van der Waals surface area contributed by atoms with Gasteiger partial charge in [-0.1, -0.05) is 13.2 Å². The van der Waals surface area contributed by atoms with E-state index < -0.39 is 47.7 Å². The van der Waals surface area contributed by atoms with Crippen LogP contribution in [0.3, 0.4) is 0 Å². The predicted molar refractivity (Wildman–Crippen MR) is 99.0 cm³/mol. The van der Waals surface area contributed by atoms with Gasteiger partial charge in [-0.2, -0.15) is 0 Å². The van der Waals surface area contributed by atoms with E-state index in [1.54, 1.807) is 13.0 Å². The quantitative estimate of drug-likeness (QED) is 0.240. The Kier molecular flexibility index (Phi) is 5.23. The summed E-state index contributed by atoms with van der Waals surface area (Å²) in [6.45, 7) is 14.1. The normalized spacial score (nSPS) is 38.9. The van der Waals surface area contributed by atoms with Crippen molar-refractivity contribution in [2.75, 3.05) is 0 Å². The fourth-order valence-corrected chi connectivity index (χ4v) is 3.92. The average molecular weight is 390 g/mol. The van der Waals surface area contributed by atoms with Crippen LogP contribution in [-0.2, 0) is 33.3 Å². The molecular weight excluding hydrogens is 364 g/mol. The Morgan fingerprint density at radius 1 is 1.29 bits per heavy atom. The van der Waals surface area contributed by atoms with Gasteiger partial charge in [-0.25, -0.2) is 9.59 Å². The molecule has 0 bridgehead atoms. The second-order valence-electron chi connectivity index (χ2n) is 8.01. The SMILES string of the molecule is C=C(C)C(=O)O[C@@H]1C[C@@]2(C)O[C@@H]2C[C@H](OC(C)=O)/C(C)=C\[C@H]2OC(=O)C(=C)[C@@H]21. The van der Waals surface area contributed by atoms with Crippen LogP contribution in [0, 0.1) is 5.92 Å². The van der Waals surface area contributed by atoms with Crippen molar-refractivity contribution in [3.63, 3.8) is 0 Å². The monoisotopic (exact) mass is 390 g/mol. The summed E-state index contributed by atoms with van der Waals surface area (Å²) in [4.78, 5) is 35.9. The van der Waals surface area contributed by atoms with Crippen LogP contribution in [0.25, 0.3) is 0 Å². The summed E-state index contributed by atoms with van der Waals surface area (Å²) >= 11 is 0. The molecule has 0 aromatic rings. The Bertz CT molecular complexity index is 780. The van der Waals surface area contributed by atoms with Crippen molar-refractivity contribution < 1.29 is 33.3 Å². The fourth-order valence-electron chi connectivity index (χ4n) is 3.92. The second-order valence-corrected chi connectivity index (χ2v) is 8.01. The number of epoxide rings is 1. The van der Waals surface area contributed by atoms with Gasteiger partial charge in [-0.3, -0.25) is 4.79 Å². The summed E-state index contributed by atoms with van der Waals surface area (Å²) in [6, 6.07) is 0. The van der Waals surface area contributed by atoms with Crippen molar-refractivity contribution >= 4 is 17.9 Å². The Labute approximate surface area is 164 Å². The Morgan fingerprint density at radius 3 is 2.57 bits per heavy atom. The van der Waals surface area contributed by atoms with Gasteiger partial charge in [0, 0.05) is 30.9 Å². The van der Waals surface area contributed by atoms with E-state index in [1.165, 1.54) is 6.92 Å². The van der Waals surface area contributed by atoms with Gasteiger partial charge < -0.3 is 18.9 Å². The van der Waals surface area contributed by atoms with Crippen LogP contribution < -0.4 is 0 Å². The molecule has 2 fully saturated rings. The zero-order valence-corrected chi connectivity index (χ0v) is 16.7. The largest absolute Gasteiger partial charge is 0.458 e. The van der Waals surface area contributed by atoms with E-state index in [-0.39, 0.29) is 17.3 Å². The maximum atomic E-state index is 12.2. The van der Waals surface area contributed by atoms with Crippen LogP contribution in [0.5, 0.6) is 0 Å². The minimum Gasteiger partial charge on any atom is -0.458 e. The minimum atomic E-state index is -0.667. The maximum absolute atomic E-state index is 12.2. The first-order valence-electron chi connectivity index (χ1n) is 9.31. The molecule has 0 aromatic heterocycles. The van der Waals surface area contributed by atoms with Crippen LogP contribution in [0.15, 0.2) is 36.0 Å². The molecule has 28 heavy (non-hydrogen) atoms. The summed E-state index contributed by atoms with van der Waals surface area (Å²) in [5, 5.41) is 0. The molecule has 152 valence electrons. The first-order chi connectivity index (χ1) is 13.0. The molecule has 0 saturated carbocycles. The molecule has 2 saturated heterocycles. The number of hydrogen-bond acceptors (Lipinski definition) is 7. The summed E-state index contributed by atoms with van der Waals surface area (Å²) in [5.41, 5.74) is 0.702. The van der Waals surface area contributed by atoms with Gasteiger partial charge in [0.15, 0.2) is 0 Å². The van der Waals surface area contributed by atoms with Crippen molar-refractivity contribution in [1.82, 2.24) is 0 Å². The summed E-state index contributed by atoms with van der Waals surface area (Å²) in [7, 11) is 0. The molecule has 6 atom stereocenters. The minimum absolute atomic E-state index is 0.158. The van der Waals surface area contributed by atoms with Crippen molar-refractivity contribution in [3.8, 4) is 0 Å². The number of esters is 3. The first kappa shape index (κ1) is 20.3. The number of rotatable bonds is 3. The number of carbonyl (C=O) groups excluding carboxylic acids is 3. The highest BCUT2D eigenvalue weighted by molar-refractivity contribution is 5.91. The molecule has 3 rings (SSSR count). The van der Waals surface area contributed by atoms with E-state index in [0.29, 0.717) is 12.8 Å². The molecule has 0 radical (unpaired) electrons. The Hall–Kier alpha value is -2.41. The molecule has 0 spiro atoms. The Morgan fingerprint density at radius 2 is 1.96 bits per heavy atom. The van der Waals surface area contributed by atoms with Gasteiger partial charge in [0.25, 0.3) is 0 Å². The second kappa shape index (κ2) is 7.20. The lowest BCUT2D eigenvalue weighted by Crippen LogP contribution is -2.38. The molecule has 2 heterocycles. The molecule has 1 aliphatic carbocycles. The first-order valence-corrected chi connectivity index (χ1v) is 9.31. The van der Waals surface area contributed by atoms with Gasteiger partial charge >= 0.3 is 17.9 Å². The molecular formula is C21H26O7. The lowest BCUT2D eigenvalue weighted by molar-refractivity contribution is -0.149. The number of carbonyl (C=O) groups is 3. The number of fused-ring (bicyclic) bond motifs is 2. The van der Waals surface area contributed by atoms with Crippen LogP contribution in [0.1, 0.15) is 40.5 Å². The van der Waals surface area contributed by atoms with E-state index >= 15 is 0 Å². The van der Waals surface area contributed by atoms with E-state index in [1.807, 2.05) is 13.8 Å². The van der Waals surface area contributed by atoms with Crippen molar-refractivity contribution in [1.29, 1.82) is 0 Å². The van der Waals surface area contributed by atoms with Crippen molar-refractivity contribution in [2.24, 2.45) is 5.92 Å². The molecule has 0 aromatic carbocycles. The molecule has 2 aliphatic heterocycles. The lowest BCUT2D eigenvalue weighted by atomic mass is 9.82. The maximum Gasteiger partial charge on any atom is 0.334 e. The number of ether oxygens (including phenoxy) is 4. The van der Waals surface area contributed by atoms with Gasteiger partial charge in [-0.15, -0.1) is 0 Å². The standard InChI is InChI=1S/C21H26O7/c1-10(2)19(23)27-16-9-21(6)17(28-21)8-14(25-13(5)22)11(3)7-15-18(16)12(4)20(24)26-15/h7,14-18H,1,4,8-9H2,2-3,5-6H3/b11-7-/t14-,15+,16+,17+,18-,21+/m0/s1. The molecule has 0 amide bonds.